The predicted octanol–water partition coefficient (Wildman–Crippen LogP) is 2.44. The first-order chi connectivity index (χ1) is 6.74. The highest BCUT2D eigenvalue weighted by Gasteiger charge is 2.30. The summed E-state index contributed by atoms with van der Waals surface area (Å²) in [6.45, 7) is 6.61. The molecule has 0 bridgehead atoms. The molecular weight excluding hydrogens is 174 g/mol. The molecule has 0 aliphatic heterocycles. The first-order valence-electron chi connectivity index (χ1n) is 5.96. The number of methoxy groups -OCH3 is 1. The van der Waals surface area contributed by atoms with Crippen LogP contribution < -0.4 is 5.32 Å². The number of hydrogen-bond donors (Lipinski definition) is 1. The summed E-state index contributed by atoms with van der Waals surface area (Å²) in [5, 5.41) is 3.61. The molecule has 1 unspecified atom stereocenters. The van der Waals surface area contributed by atoms with E-state index in [0.717, 1.165) is 25.0 Å². The minimum absolute atomic E-state index is 0.618. The van der Waals surface area contributed by atoms with Crippen molar-refractivity contribution in [3.63, 3.8) is 0 Å². The Hall–Kier alpha value is -0.0800. The summed E-state index contributed by atoms with van der Waals surface area (Å²) in [7, 11) is 1.80. The molecule has 0 radical (unpaired) electrons. The molecule has 0 amide bonds. The summed E-state index contributed by atoms with van der Waals surface area (Å²) in [4.78, 5) is 0. The lowest BCUT2D eigenvalue weighted by Gasteiger charge is -2.17. The molecule has 2 nitrogen and oxygen atoms in total. The number of rotatable bonds is 8. The maximum atomic E-state index is 5.22. The molecule has 1 aliphatic rings. The smallest absolute Gasteiger partial charge is 0.0618 e. The van der Waals surface area contributed by atoms with E-state index in [1.807, 2.05) is 0 Å². The van der Waals surface area contributed by atoms with Crippen LogP contribution >= 0.6 is 0 Å². The van der Waals surface area contributed by atoms with Gasteiger partial charge in [0.05, 0.1) is 6.61 Å². The molecule has 0 heterocycles. The summed E-state index contributed by atoms with van der Waals surface area (Å²) in [6, 6.07) is 0.618. The Morgan fingerprint density at radius 1 is 1.36 bits per heavy atom. The lowest BCUT2D eigenvalue weighted by atomic mass is 10.1. The highest BCUT2D eigenvalue weighted by atomic mass is 16.5. The fourth-order valence-corrected chi connectivity index (χ4v) is 1.84. The second-order valence-electron chi connectivity index (χ2n) is 4.89. The van der Waals surface area contributed by atoms with Gasteiger partial charge >= 0.3 is 0 Å². The Labute approximate surface area is 88.4 Å². The van der Waals surface area contributed by atoms with Crippen LogP contribution in [0.1, 0.15) is 39.5 Å². The summed E-state index contributed by atoms with van der Waals surface area (Å²) < 4.78 is 5.22. The normalized spacial score (nSPS) is 18.9. The van der Waals surface area contributed by atoms with Crippen molar-refractivity contribution >= 4 is 0 Å². The molecule has 0 spiro atoms. The first kappa shape index (κ1) is 12.0. The average Bonchev–Trinajstić information content (AvgIpc) is 2.93. The van der Waals surface area contributed by atoms with E-state index in [2.05, 4.69) is 19.2 Å². The molecule has 1 rings (SSSR count). The van der Waals surface area contributed by atoms with Gasteiger partial charge in [-0.15, -0.1) is 0 Å². The van der Waals surface area contributed by atoms with E-state index in [0.29, 0.717) is 6.04 Å². The Balaban J connectivity index is 2.01. The summed E-state index contributed by atoms with van der Waals surface area (Å²) in [5.41, 5.74) is 0. The second-order valence-corrected chi connectivity index (χ2v) is 4.89. The van der Waals surface area contributed by atoms with E-state index in [1.54, 1.807) is 7.11 Å². The van der Waals surface area contributed by atoms with Crippen LogP contribution in [0.4, 0.5) is 0 Å². The van der Waals surface area contributed by atoms with E-state index in [-0.39, 0.29) is 0 Å². The van der Waals surface area contributed by atoms with Crippen molar-refractivity contribution in [1.82, 2.24) is 5.32 Å². The Morgan fingerprint density at radius 2 is 2.07 bits per heavy atom. The zero-order chi connectivity index (χ0) is 10.4. The molecule has 84 valence electrons. The third kappa shape index (κ3) is 4.97. The van der Waals surface area contributed by atoms with Gasteiger partial charge in [0.1, 0.15) is 0 Å². The van der Waals surface area contributed by atoms with Crippen molar-refractivity contribution in [3.8, 4) is 0 Å². The van der Waals surface area contributed by atoms with E-state index in [1.165, 1.54) is 25.7 Å². The van der Waals surface area contributed by atoms with Crippen molar-refractivity contribution in [1.29, 1.82) is 0 Å². The summed E-state index contributed by atoms with van der Waals surface area (Å²) >= 11 is 0. The molecule has 1 N–H and O–H groups in total. The van der Waals surface area contributed by atoms with Gasteiger partial charge in [-0.2, -0.15) is 0 Å². The van der Waals surface area contributed by atoms with Crippen molar-refractivity contribution in [2.24, 2.45) is 11.8 Å². The highest BCUT2D eigenvalue weighted by molar-refractivity contribution is 4.86. The molecular formula is C12H25NO. The van der Waals surface area contributed by atoms with Gasteiger partial charge < -0.3 is 10.1 Å². The van der Waals surface area contributed by atoms with Gasteiger partial charge in [0.15, 0.2) is 0 Å². The SMILES string of the molecule is COCC(NCCCC(C)C)C1CC1. The minimum atomic E-state index is 0.618. The van der Waals surface area contributed by atoms with Gasteiger partial charge in [-0.3, -0.25) is 0 Å². The fraction of sp³-hybridized carbons (Fsp3) is 1.00. The third-order valence-corrected chi connectivity index (χ3v) is 2.90. The van der Waals surface area contributed by atoms with Gasteiger partial charge in [0.25, 0.3) is 0 Å². The molecule has 1 aliphatic carbocycles. The van der Waals surface area contributed by atoms with Gasteiger partial charge in [-0.1, -0.05) is 13.8 Å². The third-order valence-electron chi connectivity index (χ3n) is 2.90. The molecule has 0 aromatic rings. The van der Waals surface area contributed by atoms with Crippen LogP contribution in [-0.2, 0) is 4.74 Å². The van der Waals surface area contributed by atoms with Crippen LogP contribution in [0.25, 0.3) is 0 Å². The van der Waals surface area contributed by atoms with Gasteiger partial charge in [0, 0.05) is 13.2 Å². The largest absolute Gasteiger partial charge is 0.383 e. The Bertz CT molecular complexity index is 143. The number of nitrogens with one attached hydrogen (secondary N) is 1. The Kier molecular flexibility index (Phi) is 5.49. The lowest BCUT2D eigenvalue weighted by molar-refractivity contribution is 0.157. The molecule has 0 saturated heterocycles. The number of hydrogen-bond acceptors (Lipinski definition) is 2. The lowest BCUT2D eigenvalue weighted by Crippen LogP contribution is -2.35. The molecule has 1 fully saturated rings. The van der Waals surface area contributed by atoms with Crippen molar-refractivity contribution < 1.29 is 4.74 Å². The monoisotopic (exact) mass is 199 g/mol. The van der Waals surface area contributed by atoms with Crippen LogP contribution in [0.2, 0.25) is 0 Å². The molecule has 1 atom stereocenters. The maximum absolute atomic E-state index is 5.22. The fourth-order valence-electron chi connectivity index (χ4n) is 1.84. The minimum Gasteiger partial charge on any atom is -0.383 e. The van der Waals surface area contributed by atoms with E-state index >= 15 is 0 Å². The van der Waals surface area contributed by atoms with Crippen LogP contribution in [0, 0.1) is 11.8 Å². The van der Waals surface area contributed by atoms with Gasteiger partial charge in [-0.05, 0) is 44.1 Å². The van der Waals surface area contributed by atoms with Crippen LogP contribution in [0.15, 0.2) is 0 Å². The van der Waals surface area contributed by atoms with Gasteiger partial charge in [-0.25, -0.2) is 0 Å². The predicted molar refractivity (Wildman–Crippen MR) is 60.5 cm³/mol. The van der Waals surface area contributed by atoms with Gasteiger partial charge in [0.2, 0.25) is 0 Å². The zero-order valence-corrected chi connectivity index (χ0v) is 9.88. The average molecular weight is 199 g/mol. The molecule has 2 heteroatoms. The zero-order valence-electron chi connectivity index (χ0n) is 9.88. The van der Waals surface area contributed by atoms with Crippen LogP contribution in [-0.4, -0.2) is 26.3 Å². The summed E-state index contributed by atoms with van der Waals surface area (Å²) in [6.07, 6.45) is 5.42. The molecule has 0 aromatic carbocycles. The van der Waals surface area contributed by atoms with Crippen molar-refractivity contribution in [2.75, 3.05) is 20.3 Å². The topological polar surface area (TPSA) is 21.3 Å². The van der Waals surface area contributed by atoms with Crippen molar-refractivity contribution in [3.05, 3.63) is 0 Å². The standard InChI is InChI=1S/C12H25NO/c1-10(2)5-4-8-13-12(9-14-3)11-6-7-11/h10-13H,4-9H2,1-3H3. The second kappa shape index (κ2) is 6.41. The Morgan fingerprint density at radius 3 is 2.57 bits per heavy atom. The number of ether oxygens (including phenoxy) is 1. The van der Waals surface area contributed by atoms with Crippen molar-refractivity contribution in [2.45, 2.75) is 45.6 Å². The maximum Gasteiger partial charge on any atom is 0.0618 e. The molecule has 0 aromatic heterocycles. The highest BCUT2D eigenvalue weighted by Crippen LogP contribution is 2.32. The summed E-state index contributed by atoms with van der Waals surface area (Å²) in [5.74, 6) is 1.73. The van der Waals surface area contributed by atoms with E-state index in [9.17, 15) is 0 Å². The molecule has 1 saturated carbocycles. The molecule has 14 heavy (non-hydrogen) atoms. The van der Waals surface area contributed by atoms with E-state index < -0.39 is 0 Å². The van der Waals surface area contributed by atoms with Crippen LogP contribution in [0.3, 0.4) is 0 Å². The van der Waals surface area contributed by atoms with E-state index in [4.69, 9.17) is 4.74 Å². The van der Waals surface area contributed by atoms with Crippen LogP contribution in [0.5, 0.6) is 0 Å². The quantitative estimate of drug-likeness (QED) is 0.606. The first-order valence-corrected chi connectivity index (χ1v) is 5.96.